The molecule has 0 amide bonds. The molecule has 1 aliphatic heterocycles. The van der Waals surface area contributed by atoms with Crippen LogP contribution >= 0.6 is 0 Å². The number of hydrogen-bond donors (Lipinski definition) is 1. The summed E-state index contributed by atoms with van der Waals surface area (Å²) in [6.45, 7) is 1.07. The van der Waals surface area contributed by atoms with Gasteiger partial charge in [0.2, 0.25) is 0 Å². The Kier molecular flexibility index (Phi) is 4.05. The van der Waals surface area contributed by atoms with Gasteiger partial charge in [-0.1, -0.05) is 6.07 Å². The first-order valence-electron chi connectivity index (χ1n) is 5.94. The van der Waals surface area contributed by atoms with E-state index >= 15 is 0 Å². The highest BCUT2D eigenvalue weighted by atomic mass is 19.2. The third-order valence-corrected chi connectivity index (χ3v) is 3.28. The molecule has 0 aromatic heterocycles. The first-order chi connectivity index (χ1) is 8.20. The molecule has 1 aromatic carbocycles. The first-order valence-corrected chi connectivity index (χ1v) is 5.94. The van der Waals surface area contributed by atoms with Crippen LogP contribution in [0.25, 0.3) is 0 Å². The van der Waals surface area contributed by atoms with Crippen LogP contribution in [0.4, 0.5) is 13.2 Å². The monoisotopic (exact) mass is 243 g/mol. The molecular formula is C13H16F3N. The molecule has 0 atom stereocenters. The van der Waals surface area contributed by atoms with Gasteiger partial charge in [0.15, 0.2) is 11.6 Å². The standard InChI is InChI=1S/C13H16F3N/c14-8-10-6-11(13(16)12(15)7-10)5-9-1-3-17-4-2-9/h6-7,9,17H,1-5,8H2. The SMILES string of the molecule is FCc1cc(F)c(F)c(CC2CCNCC2)c1. The topological polar surface area (TPSA) is 12.0 Å². The Bertz CT molecular complexity index is 386. The number of benzene rings is 1. The Morgan fingerprint density at radius 1 is 1.18 bits per heavy atom. The summed E-state index contributed by atoms with van der Waals surface area (Å²) in [4.78, 5) is 0. The van der Waals surface area contributed by atoms with E-state index in [0.29, 0.717) is 17.9 Å². The van der Waals surface area contributed by atoms with Crippen LogP contribution in [0.2, 0.25) is 0 Å². The van der Waals surface area contributed by atoms with Gasteiger partial charge in [0, 0.05) is 0 Å². The second-order valence-electron chi connectivity index (χ2n) is 4.58. The Balaban J connectivity index is 2.15. The van der Waals surface area contributed by atoms with E-state index in [1.807, 2.05) is 0 Å². The van der Waals surface area contributed by atoms with Crippen LogP contribution in [0.1, 0.15) is 24.0 Å². The largest absolute Gasteiger partial charge is 0.317 e. The van der Waals surface area contributed by atoms with Gasteiger partial charge in [-0.3, -0.25) is 0 Å². The fourth-order valence-electron chi connectivity index (χ4n) is 2.33. The summed E-state index contributed by atoms with van der Waals surface area (Å²) >= 11 is 0. The second-order valence-corrected chi connectivity index (χ2v) is 4.58. The summed E-state index contributed by atoms with van der Waals surface area (Å²) in [5, 5.41) is 3.22. The van der Waals surface area contributed by atoms with Gasteiger partial charge in [-0.05, 0) is 55.5 Å². The highest BCUT2D eigenvalue weighted by Gasteiger charge is 2.18. The maximum atomic E-state index is 13.6. The van der Waals surface area contributed by atoms with Gasteiger partial charge >= 0.3 is 0 Å². The maximum absolute atomic E-state index is 13.6. The fraction of sp³-hybridized carbons (Fsp3) is 0.538. The predicted octanol–water partition coefficient (Wildman–Crippen LogP) is 2.98. The van der Waals surface area contributed by atoms with E-state index in [1.165, 1.54) is 6.07 Å². The van der Waals surface area contributed by atoms with Crippen molar-refractivity contribution in [1.82, 2.24) is 5.32 Å². The lowest BCUT2D eigenvalue weighted by molar-refractivity contribution is 0.365. The Morgan fingerprint density at radius 2 is 1.88 bits per heavy atom. The second kappa shape index (κ2) is 5.54. The number of halogens is 3. The minimum absolute atomic E-state index is 0.216. The van der Waals surface area contributed by atoms with Gasteiger partial charge in [-0.25, -0.2) is 13.2 Å². The fourth-order valence-corrected chi connectivity index (χ4v) is 2.33. The Morgan fingerprint density at radius 3 is 2.53 bits per heavy atom. The summed E-state index contributed by atoms with van der Waals surface area (Å²) in [5.41, 5.74) is 0.525. The Hall–Kier alpha value is -1.03. The average Bonchev–Trinajstić information content (AvgIpc) is 2.36. The molecule has 94 valence electrons. The van der Waals surface area contributed by atoms with Gasteiger partial charge in [0.25, 0.3) is 0 Å². The zero-order chi connectivity index (χ0) is 12.3. The minimum Gasteiger partial charge on any atom is -0.317 e. The molecule has 0 unspecified atom stereocenters. The van der Waals surface area contributed by atoms with Gasteiger partial charge in [-0.15, -0.1) is 0 Å². The number of alkyl halides is 1. The van der Waals surface area contributed by atoms with Crippen molar-refractivity contribution in [3.05, 3.63) is 34.9 Å². The number of piperidine rings is 1. The van der Waals surface area contributed by atoms with Crippen molar-refractivity contribution >= 4 is 0 Å². The van der Waals surface area contributed by atoms with E-state index in [-0.39, 0.29) is 5.56 Å². The van der Waals surface area contributed by atoms with Crippen LogP contribution in [0.5, 0.6) is 0 Å². The van der Waals surface area contributed by atoms with Crippen molar-refractivity contribution < 1.29 is 13.2 Å². The molecule has 2 rings (SSSR count). The van der Waals surface area contributed by atoms with Crippen LogP contribution in [0, 0.1) is 17.6 Å². The van der Waals surface area contributed by atoms with Gasteiger partial charge in [-0.2, -0.15) is 0 Å². The molecule has 1 aromatic rings. The molecule has 0 radical (unpaired) electrons. The summed E-state index contributed by atoms with van der Waals surface area (Å²) in [6.07, 6.45) is 2.42. The van der Waals surface area contributed by atoms with Gasteiger partial charge < -0.3 is 5.32 Å². The molecule has 1 heterocycles. The van der Waals surface area contributed by atoms with Crippen LogP contribution in [0.3, 0.4) is 0 Å². The van der Waals surface area contributed by atoms with Crippen molar-refractivity contribution in [3.8, 4) is 0 Å². The highest BCUT2D eigenvalue weighted by molar-refractivity contribution is 5.26. The molecule has 0 saturated carbocycles. The molecule has 1 N–H and O–H groups in total. The van der Waals surface area contributed by atoms with Gasteiger partial charge in [0.05, 0.1) is 0 Å². The van der Waals surface area contributed by atoms with E-state index in [9.17, 15) is 13.2 Å². The Labute approximate surface area is 99.0 Å². The van der Waals surface area contributed by atoms with Crippen LogP contribution < -0.4 is 5.32 Å². The normalized spacial score (nSPS) is 17.4. The molecule has 0 aliphatic carbocycles. The first kappa shape index (κ1) is 12.4. The molecule has 1 nitrogen and oxygen atoms in total. The van der Waals surface area contributed by atoms with Gasteiger partial charge in [0.1, 0.15) is 6.67 Å². The lowest BCUT2D eigenvalue weighted by atomic mass is 9.90. The third kappa shape index (κ3) is 3.00. The quantitative estimate of drug-likeness (QED) is 0.860. The number of hydrogen-bond acceptors (Lipinski definition) is 1. The summed E-state index contributed by atoms with van der Waals surface area (Å²) < 4.78 is 39.3. The molecule has 1 aliphatic rings. The lowest BCUT2D eigenvalue weighted by Gasteiger charge is -2.23. The van der Waals surface area contributed by atoms with Crippen LogP contribution in [-0.4, -0.2) is 13.1 Å². The lowest BCUT2D eigenvalue weighted by Crippen LogP contribution is -2.28. The van der Waals surface area contributed by atoms with Crippen molar-refractivity contribution in [3.63, 3.8) is 0 Å². The smallest absolute Gasteiger partial charge is 0.162 e. The molecule has 4 heteroatoms. The van der Waals surface area contributed by atoms with Crippen LogP contribution in [0.15, 0.2) is 12.1 Å². The molecule has 0 spiro atoms. The van der Waals surface area contributed by atoms with E-state index < -0.39 is 18.3 Å². The zero-order valence-electron chi connectivity index (χ0n) is 9.61. The van der Waals surface area contributed by atoms with E-state index in [4.69, 9.17) is 0 Å². The summed E-state index contributed by atoms with van der Waals surface area (Å²) in [5.74, 6) is -1.40. The number of nitrogens with one attached hydrogen (secondary N) is 1. The van der Waals surface area contributed by atoms with E-state index in [1.54, 1.807) is 0 Å². The van der Waals surface area contributed by atoms with Crippen molar-refractivity contribution in [2.75, 3.05) is 13.1 Å². The minimum atomic E-state index is -0.941. The zero-order valence-corrected chi connectivity index (χ0v) is 9.61. The summed E-state index contributed by atoms with van der Waals surface area (Å²) in [6, 6.07) is 2.38. The van der Waals surface area contributed by atoms with Crippen molar-refractivity contribution in [2.45, 2.75) is 25.9 Å². The molecular weight excluding hydrogens is 227 g/mol. The molecule has 17 heavy (non-hydrogen) atoms. The molecule has 1 fully saturated rings. The van der Waals surface area contributed by atoms with E-state index in [2.05, 4.69) is 5.32 Å². The van der Waals surface area contributed by atoms with Crippen molar-refractivity contribution in [2.24, 2.45) is 5.92 Å². The van der Waals surface area contributed by atoms with Crippen molar-refractivity contribution in [1.29, 1.82) is 0 Å². The van der Waals surface area contributed by atoms with Crippen LogP contribution in [-0.2, 0) is 13.1 Å². The third-order valence-electron chi connectivity index (χ3n) is 3.28. The maximum Gasteiger partial charge on any atom is 0.162 e. The predicted molar refractivity (Wildman–Crippen MR) is 60.5 cm³/mol. The number of rotatable bonds is 3. The van der Waals surface area contributed by atoms with E-state index in [0.717, 1.165) is 32.0 Å². The average molecular weight is 243 g/mol. The molecule has 0 bridgehead atoms. The molecule has 1 saturated heterocycles. The summed E-state index contributed by atoms with van der Waals surface area (Å²) in [7, 11) is 0. The highest BCUT2D eigenvalue weighted by Crippen LogP contribution is 2.23.